The number of benzene rings is 1. The first-order valence-electron chi connectivity index (χ1n) is 10.1. The maximum Gasteiger partial charge on any atom is 0.404 e. The second-order valence-corrected chi connectivity index (χ2v) is 7.10. The summed E-state index contributed by atoms with van der Waals surface area (Å²) in [4.78, 5) is 18.4. The molecule has 5 heteroatoms. The standard InChI is InChI=1S/C21H33N3O2/c1-2-3-4-5-6-7-8-9-11-17-13-14-18-19(16-17)24-20(23-18)12-10-15-22-21(25)26/h13-14,16,22H,2-12,15H2,1H3,(H,23,24)(H,25,26). The van der Waals surface area contributed by atoms with Gasteiger partial charge in [0.15, 0.2) is 0 Å². The molecule has 26 heavy (non-hydrogen) atoms. The minimum absolute atomic E-state index is 0.454. The van der Waals surface area contributed by atoms with E-state index in [0.29, 0.717) is 6.54 Å². The van der Waals surface area contributed by atoms with E-state index in [0.717, 1.165) is 36.1 Å². The summed E-state index contributed by atoms with van der Waals surface area (Å²) in [6.07, 6.45) is 12.4. The normalized spacial score (nSPS) is 11.1. The zero-order valence-electron chi connectivity index (χ0n) is 16.0. The lowest BCUT2D eigenvalue weighted by Crippen LogP contribution is -2.22. The average molecular weight is 360 g/mol. The Labute approximate surface area is 156 Å². The first kappa shape index (κ1) is 20.3. The van der Waals surface area contributed by atoms with Crippen LogP contribution in [-0.4, -0.2) is 27.7 Å². The molecule has 0 fully saturated rings. The molecule has 0 aliphatic heterocycles. The Kier molecular flexibility index (Phi) is 9.01. The number of carbonyl (C=O) groups is 1. The van der Waals surface area contributed by atoms with E-state index in [-0.39, 0.29) is 0 Å². The lowest BCUT2D eigenvalue weighted by Gasteiger charge is -2.03. The molecule has 0 bridgehead atoms. The molecule has 1 amide bonds. The topological polar surface area (TPSA) is 78.0 Å². The molecule has 0 unspecified atom stereocenters. The van der Waals surface area contributed by atoms with E-state index in [1.807, 2.05) is 0 Å². The van der Waals surface area contributed by atoms with Crippen LogP contribution >= 0.6 is 0 Å². The van der Waals surface area contributed by atoms with Crippen LogP contribution in [0.1, 0.15) is 76.1 Å². The molecule has 0 radical (unpaired) electrons. The number of nitrogens with one attached hydrogen (secondary N) is 2. The summed E-state index contributed by atoms with van der Waals surface area (Å²) >= 11 is 0. The Morgan fingerprint density at radius 3 is 2.50 bits per heavy atom. The summed E-state index contributed by atoms with van der Waals surface area (Å²) < 4.78 is 0. The highest BCUT2D eigenvalue weighted by molar-refractivity contribution is 5.75. The Bertz CT molecular complexity index is 666. The van der Waals surface area contributed by atoms with Gasteiger partial charge in [-0.2, -0.15) is 0 Å². The Morgan fingerprint density at radius 1 is 1.04 bits per heavy atom. The van der Waals surface area contributed by atoms with Crippen LogP contribution < -0.4 is 5.32 Å². The minimum atomic E-state index is -0.972. The molecule has 1 aromatic heterocycles. The number of imidazole rings is 1. The average Bonchev–Trinajstić information content (AvgIpc) is 3.03. The predicted octanol–water partition coefficient (Wildman–Crippen LogP) is 5.45. The number of nitrogens with zero attached hydrogens (tertiary/aromatic N) is 1. The van der Waals surface area contributed by atoms with Crippen LogP contribution in [0.15, 0.2) is 18.2 Å². The van der Waals surface area contributed by atoms with Gasteiger partial charge in [-0.3, -0.25) is 0 Å². The molecule has 0 aliphatic rings. The highest BCUT2D eigenvalue weighted by Gasteiger charge is 2.04. The van der Waals surface area contributed by atoms with Gasteiger partial charge in [0, 0.05) is 13.0 Å². The quantitative estimate of drug-likeness (QED) is 0.416. The smallest absolute Gasteiger partial charge is 0.404 e. The van der Waals surface area contributed by atoms with Crippen molar-refractivity contribution in [2.75, 3.05) is 6.54 Å². The van der Waals surface area contributed by atoms with Crippen LogP contribution in [0.4, 0.5) is 4.79 Å². The van der Waals surface area contributed by atoms with E-state index in [4.69, 9.17) is 5.11 Å². The van der Waals surface area contributed by atoms with Gasteiger partial charge < -0.3 is 15.4 Å². The maximum absolute atomic E-state index is 10.4. The van der Waals surface area contributed by atoms with Gasteiger partial charge in [-0.05, 0) is 37.0 Å². The van der Waals surface area contributed by atoms with E-state index >= 15 is 0 Å². The largest absolute Gasteiger partial charge is 0.465 e. The highest BCUT2D eigenvalue weighted by atomic mass is 16.4. The van der Waals surface area contributed by atoms with Gasteiger partial charge in [0.1, 0.15) is 5.82 Å². The molecule has 0 saturated carbocycles. The molecular formula is C21H33N3O2. The van der Waals surface area contributed by atoms with Crippen molar-refractivity contribution in [1.29, 1.82) is 0 Å². The number of aromatic nitrogens is 2. The van der Waals surface area contributed by atoms with Gasteiger partial charge in [-0.1, -0.05) is 57.9 Å². The van der Waals surface area contributed by atoms with Crippen molar-refractivity contribution in [3.63, 3.8) is 0 Å². The number of hydrogen-bond acceptors (Lipinski definition) is 2. The van der Waals surface area contributed by atoms with Crippen LogP contribution in [0.25, 0.3) is 11.0 Å². The Hall–Kier alpha value is -2.04. The molecule has 3 N–H and O–H groups in total. The fraction of sp³-hybridized carbons (Fsp3) is 0.619. The molecule has 0 atom stereocenters. The molecule has 1 aromatic carbocycles. The molecule has 2 aromatic rings. The predicted molar refractivity (Wildman–Crippen MR) is 107 cm³/mol. The van der Waals surface area contributed by atoms with Gasteiger partial charge in [-0.15, -0.1) is 0 Å². The van der Waals surface area contributed by atoms with E-state index in [9.17, 15) is 4.79 Å². The molecule has 2 rings (SSSR count). The van der Waals surface area contributed by atoms with Gasteiger partial charge >= 0.3 is 6.09 Å². The molecule has 0 spiro atoms. The summed E-state index contributed by atoms with van der Waals surface area (Å²) in [6.45, 7) is 2.71. The number of aromatic amines is 1. The number of rotatable bonds is 13. The lowest BCUT2D eigenvalue weighted by molar-refractivity contribution is 0.194. The second-order valence-electron chi connectivity index (χ2n) is 7.10. The molecular weight excluding hydrogens is 326 g/mol. The minimum Gasteiger partial charge on any atom is -0.465 e. The molecule has 0 saturated heterocycles. The van der Waals surface area contributed by atoms with Crippen LogP contribution in [0, 0.1) is 0 Å². The number of fused-ring (bicyclic) bond motifs is 1. The third-order valence-electron chi connectivity index (χ3n) is 4.78. The first-order valence-corrected chi connectivity index (χ1v) is 10.1. The fourth-order valence-electron chi connectivity index (χ4n) is 3.30. The summed E-state index contributed by atoms with van der Waals surface area (Å²) in [5, 5.41) is 11.0. The molecule has 5 nitrogen and oxygen atoms in total. The Morgan fingerprint density at radius 2 is 1.77 bits per heavy atom. The van der Waals surface area contributed by atoms with Gasteiger partial charge in [0.25, 0.3) is 0 Å². The second kappa shape index (κ2) is 11.6. The summed E-state index contributed by atoms with van der Waals surface area (Å²) in [5.41, 5.74) is 3.44. The van der Waals surface area contributed by atoms with Gasteiger partial charge in [0.2, 0.25) is 0 Å². The van der Waals surface area contributed by atoms with Crippen molar-refractivity contribution in [2.24, 2.45) is 0 Å². The third-order valence-corrected chi connectivity index (χ3v) is 4.78. The fourth-order valence-corrected chi connectivity index (χ4v) is 3.30. The van der Waals surface area contributed by atoms with Crippen LogP contribution in [0.3, 0.4) is 0 Å². The lowest BCUT2D eigenvalue weighted by atomic mass is 10.0. The molecule has 1 heterocycles. The van der Waals surface area contributed by atoms with Crippen molar-refractivity contribution in [3.05, 3.63) is 29.6 Å². The highest BCUT2D eigenvalue weighted by Crippen LogP contribution is 2.17. The van der Waals surface area contributed by atoms with Crippen molar-refractivity contribution in [3.8, 4) is 0 Å². The SMILES string of the molecule is CCCCCCCCCCc1ccc2nc(CCCNC(=O)O)[nH]c2c1. The zero-order chi connectivity index (χ0) is 18.6. The van der Waals surface area contributed by atoms with Crippen LogP contribution in [-0.2, 0) is 12.8 Å². The molecule has 144 valence electrons. The van der Waals surface area contributed by atoms with E-state index in [1.54, 1.807) is 0 Å². The van der Waals surface area contributed by atoms with Crippen molar-refractivity contribution in [2.45, 2.75) is 77.6 Å². The third kappa shape index (κ3) is 7.46. The zero-order valence-corrected chi connectivity index (χ0v) is 16.0. The van der Waals surface area contributed by atoms with Crippen molar-refractivity contribution < 1.29 is 9.90 Å². The summed E-state index contributed by atoms with van der Waals surface area (Å²) in [5.74, 6) is 0.927. The van der Waals surface area contributed by atoms with Gasteiger partial charge in [0.05, 0.1) is 11.0 Å². The molecule has 0 aliphatic carbocycles. The van der Waals surface area contributed by atoms with E-state index < -0.39 is 6.09 Å². The summed E-state index contributed by atoms with van der Waals surface area (Å²) in [7, 11) is 0. The van der Waals surface area contributed by atoms with E-state index in [1.165, 1.54) is 56.9 Å². The van der Waals surface area contributed by atoms with Crippen LogP contribution in [0.2, 0.25) is 0 Å². The van der Waals surface area contributed by atoms with E-state index in [2.05, 4.69) is 40.4 Å². The van der Waals surface area contributed by atoms with Crippen molar-refractivity contribution in [1.82, 2.24) is 15.3 Å². The number of carboxylic acid groups (broad SMARTS) is 1. The number of aryl methyl sites for hydroxylation is 2. The van der Waals surface area contributed by atoms with Crippen molar-refractivity contribution >= 4 is 17.1 Å². The van der Waals surface area contributed by atoms with Gasteiger partial charge in [-0.25, -0.2) is 9.78 Å². The first-order chi connectivity index (χ1) is 12.7. The van der Waals surface area contributed by atoms with Crippen LogP contribution in [0.5, 0.6) is 0 Å². The monoisotopic (exact) mass is 359 g/mol. The summed E-state index contributed by atoms with van der Waals surface area (Å²) in [6, 6.07) is 6.48. The number of hydrogen-bond donors (Lipinski definition) is 3. The number of unbranched alkanes of at least 4 members (excludes halogenated alkanes) is 7. The maximum atomic E-state index is 10.4. The Balaban J connectivity index is 1.70. The number of amides is 1. The number of H-pyrrole nitrogens is 1.